The van der Waals surface area contributed by atoms with E-state index in [0.717, 1.165) is 0 Å². The molecule has 0 unspecified atom stereocenters. The fourth-order valence-corrected chi connectivity index (χ4v) is 2.18. The summed E-state index contributed by atoms with van der Waals surface area (Å²) in [6.45, 7) is 0.111. The fraction of sp³-hybridized carbons (Fsp3) is 0.250. The number of carbonyl (C=O) groups excluding carboxylic acids is 3. The number of amides is 1. The van der Waals surface area contributed by atoms with E-state index in [1.807, 2.05) is 0 Å². The molecule has 11 heteroatoms. The number of anilines is 1. The molecule has 11 nitrogen and oxygen atoms in total. The number of carbonyl (C=O) groups is 3. The number of hydrogen-bond acceptors (Lipinski definition) is 8. The molecule has 142 valence electrons. The van der Waals surface area contributed by atoms with E-state index in [2.05, 4.69) is 19.9 Å². The monoisotopic (exact) mass is 376 g/mol. The summed E-state index contributed by atoms with van der Waals surface area (Å²) < 4.78 is 10.5. The number of benzene rings is 1. The topological polar surface area (TPSA) is 143 Å². The molecule has 2 aromatic rings. The molecular formula is C16H16N4O7. The van der Waals surface area contributed by atoms with Crippen LogP contribution >= 0.6 is 0 Å². The van der Waals surface area contributed by atoms with Crippen molar-refractivity contribution < 1.29 is 28.8 Å². The summed E-state index contributed by atoms with van der Waals surface area (Å²) in [6.07, 6.45) is 1.35. The van der Waals surface area contributed by atoms with E-state index >= 15 is 0 Å². The Balaban J connectivity index is 2.09. The van der Waals surface area contributed by atoms with Gasteiger partial charge in [-0.15, -0.1) is 0 Å². The Hall–Kier alpha value is -3.76. The third-order valence-corrected chi connectivity index (χ3v) is 3.44. The van der Waals surface area contributed by atoms with Gasteiger partial charge in [0, 0.05) is 12.1 Å². The molecule has 0 fully saturated rings. The summed E-state index contributed by atoms with van der Waals surface area (Å²) >= 11 is 0. The first-order valence-corrected chi connectivity index (χ1v) is 7.63. The van der Waals surface area contributed by atoms with E-state index in [9.17, 15) is 24.5 Å². The average molecular weight is 376 g/mol. The zero-order valence-electron chi connectivity index (χ0n) is 14.5. The van der Waals surface area contributed by atoms with Gasteiger partial charge in [0.2, 0.25) is 5.91 Å². The van der Waals surface area contributed by atoms with E-state index in [4.69, 9.17) is 0 Å². The summed E-state index contributed by atoms with van der Waals surface area (Å²) in [6, 6.07) is 5.22. The van der Waals surface area contributed by atoms with Crippen molar-refractivity contribution in [3.8, 4) is 0 Å². The van der Waals surface area contributed by atoms with Crippen LogP contribution in [-0.4, -0.2) is 46.8 Å². The number of hydrogen-bond donors (Lipinski definition) is 1. The van der Waals surface area contributed by atoms with Gasteiger partial charge in [-0.25, -0.2) is 9.59 Å². The number of aromatic nitrogens is 2. The van der Waals surface area contributed by atoms with Crippen molar-refractivity contribution in [2.75, 3.05) is 19.5 Å². The van der Waals surface area contributed by atoms with Crippen molar-refractivity contribution in [2.45, 2.75) is 13.0 Å². The van der Waals surface area contributed by atoms with Crippen molar-refractivity contribution in [1.82, 2.24) is 9.78 Å². The van der Waals surface area contributed by atoms with Gasteiger partial charge in [0.1, 0.15) is 0 Å². The third-order valence-electron chi connectivity index (χ3n) is 3.44. The molecule has 1 aromatic carbocycles. The third kappa shape index (κ3) is 5.11. The number of ether oxygens (including phenoxy) is 2. The van der Waals surface area contributed by atoms with Crippen molar-refractivity contribution in [3.05, 3.63) is 51.7 Å². The van der Waals surface area contributed by atoms with Crippen molar-refractivity contribution in [1.29, 1.82) is 0 Å². The lowest BCUT2D eigenvalue weighted by atomic mass is 10.1. The van der Waals surface area contributed by atoms with Crippen LogP contribution in [0, 0.1) is 10.1 Å². The maximum atomic E-state index is 12.1. The number of nitrogens with one attached hydrogen (secondary N) is 1. The van der Waals surface area contributed by atoms with Gasteiger partial charge in [0.25, 0.3) is 0 Å². The van der Waals surface area contributed by atoms with E-state index in [1.165, 1.54) is 49.4 Å². The number of aryl methyl sites for hydroxylation is 1. The average Bonchev–Trinajstić information content (AvgIpc) is 3.14. The number of nitro groups is 1. The van der Waals surface area contributed by atoms with Crippen molar-refractivity contribution in [3.63, 3.8) is 0 Å². The molecule has 0 saturated heterocycles. The second kappa shape index (κ2) is 8.56. The van der Waals surface area contributed by atoms with Crippen LogP contribution in [0.5, 0.6) is 0 Å². The Morgan fingerprint density at radius 3 is 2.22 bits per heavy atom. The maximum Gasteiger partial charge on any atom is 0.389 e. The summed E-state index contributed by atoms with van der Waals surface area (Å²) in [7, 11) is 2.38. The highest BCUT2D eigenvalue weighted by atomic mass is 16.6. The van der Waals surface area contributed by atoms with Gasteiger partial charge in [-0.05, 0) is 23.1 Å². The van der Waals surface area contributed by atoms with E-state index in [-0.39, 0.29) is 35.6 Å². The van der Waals surface area contributed by atoms with Crippen molar-refractivity contribution >= 4 is 29.4 Å². The van der Waals surface area contributed by atoms with Gasteiger partial charge in [0.15, 0.2) is 0 Å². The summed E-state index contributed by atoms with van der Waals surface area (Å²) in [5.41, 5.74) is 0.339. The predicted molar refractivity (Wildman–Crippen MR) is 91.2 cm³/mol. The van der Waals surface area contributed by atoms with E-state index in [1.54, 1.807) is 0 Å². The molecule has 0 saturated carbocycles. The lowest BCUT2D eigenvalue weighted by Gasteiger charge is -2.09. The summed E-state index contributed by atoms with van der Waals surface area (Å²) in [4.78, 5) is 45.5. The molecule has 0 aliphatic heterocycles. The molecule has 1 heterocycles. The van der Waals surface area contributed by atoms with E-state index in [0.29, 0.717) is 0 Å². The van der Waals surface area contributed by atoms with Crippen LogP contribution < -0.4 is 5.32 Å². The van der Waals surface area contributed by atoms with Gasteiger partial charge in [-0.2, -0.15) is 4.68 Å². The molecule has 2 rings (SSSR count). The Labute approximate surface area is 153 Å². The molecule has 1 N–H and O–H groups in total. The van der Waals surface area contributed by atoms with Crippen LogP contribution in [0.1, 0.15) is 27.1 Å². The summed E-state index contributed by atoms with van der Waals surface area (Å²) in [5, 5.41) is 16.8. The normalized spacial score (nSPS) is 10.1. The highest BCUT2D eigenvalue weighted by Gasteiger charge is 2.16. The lowest BCUT2D eigenvalue weighted by Crippen LogP contribution is -2.16. The van der Waals surface area contributed by atoms with Crippen LogP contribution in [0.3, 0.4) is 0 Å². The van der Waals surface area contributed by atoms with Crippen LogP contribution in [0.25, 0.3) is 0 Å². The highest BCUT2D eigenvalue weighted by molar-refractivity contribution is 5.99. The second-order valence-electron chi connectivity index (χ2n) is 5.27. The minimum absolute atomic E-state index is 0.0329. The second-order valence-corrected chi connectivity index (χ2v) is 5.27. The number of rotatable bonds is 7. The van der Waals surface area contributed by atoms with Crippen LogP contribution in [0.15, 0.2) is 30.5 Å². The minimum Gasteiger partial charge on any atom is -0.465 e. The minimum atomic E-state index is -0.680. The molecule has 27 heavy (non-hydrogen) atoms. The zero-order valence-corrected chi connectivity index (χ0v) is 14.5. The fourth-order valence-electron chi connectivity index (χ4n) is 2.18. The maximum absolute atomic E-state index is 12.1. The quantitative estimate of drug-likeness (QED) is 0.434. The zero-order chi connectivity index (χ0) is 20.0. The van der Waals surface area contributed by atoms with Gasteiger partial charge in [-0.1, -0.05) is 0 Å². The predicted octanol–water partition coefficient (Wildman–Crippen LogP) is 1.39. The van der Waals surface area contributed by atoms with E-state index < -0.39 is 22.8 Å². The molecule has 0 bridgehead atoms. The largest absolute Gasteiger partial charge is 0.465 e. The smallest absolute Gasteiger partial charge is 0.389 e. The first kappa shape index (κ1) is 19.6. The lowest BCUT2D eigenvalue weighted by molar-refractivity contribution is -0.389. The summed E-state index contributed by atoms with van der Waals surface area (Å²) in [5.74, 6) is -2.12. The highest BCUT2D eigenvalue weighted by Crippen LogP contribution is 2.17. The molecule has 1 aromatic heterocycles. The number of methoxy groups -OCH3 is 2. The van der Waals surface area contributed by atoms with Gasteiger partial charge >= 0.3 is 17.8 Å². The van der Waals surface area contributed by atoms with Crippen molar-refractivity contribution in [2.24, 2.45) is 0 Å². The molecule has 1 amide bonds. The SMILES string of the molecule is COC(=O)c1cc(NC(=O)CCn2ccc([N+](=O)[O-])n2)cc(C(=O)OC)c1. The Morgan fingerprint density at radius 1 is 1.15 bits per heavy atom. The standard InChI is InChI=1S/C16H16N4O7/c1-26-15(22)10-7-11(16(23)27-2)9-12(8-10)17-14(21)4-6-19-5-3-13(18-19)20(24)25/h3,5,7-9H,4,6H2,1-2H3,(H,17,21). The molecule has 0 radical (unpaired) electrons. The van der Waals surface area contributed by atoms with Gasteiger partial charge in [0.05, 0.1) is 49.3 Å². The molecule has 0 spiro atoms. The Bertz CT molecular complexity index is 856. The Kier molecular flexibility index (Phi) is 6.20. The molecular weight excluding hydrogens is 360 g/mol. The number of nitrogens with zero attached hydrogens (tertiary/aromatic N) is 3. The molecule has 0 aliphatic carbocycles. The van der Waals surface area contributed by atoms with Gasteiger partial charge < -0.3 is 24.9 Å². The number of esters is 2. The van der Waals surface area contributed by atoms with Crippen LogP contribution in [0.4, 0.5) is 11.5 Å². The van der Waals surface area contributed by atoms with Crippen LogP contribution in [0.2, 0.25) is 0 Å². The Morgan fingerprint density at radius 2 is 1.74 bits per heavy atom. The first-order valence-electron chi connectivity index (χ1n) is 7.63. The first-order chi connectivity index (χ1) is 12.8. The molecule has 0 atom stereocenters. The molecule has 0 aliphatic rings. The van der Waals surface area contributed by atoms with Gasteiger partial charge in [-0.3, -0.25) is 4.79 Å². The van der Waals surface area contributed by atoms with Crippen LogP contribution in [-0.2, 0) is 20.8 Å².